The standard InChI is InChI=1S/C34H32N2O4/c1-22-17-23(29-9-3-4-10-30(29)34(38)39)12-13-27(22)20-36-16-6-8-24-18-26(14-15-31(24)36)33(37)35-28-19-25-7-2-5-11-32(25)40-21-28/h2-5,7,9-15,17-18,28H,6,8,16,19-21H2,1H3,(H,35,37)(H,38,39). The maximum Gasteiger partial charge on any atom is 0.336 e. The first kappa shape index (κ1) is 25.7. The lowest BCUT2D eigenvalue weighted by Crippen LogP contribution is -2.42. The van der Waals surface area contributed by atoms with Gasteiger partial charge in [-0.15, -0.1) is 0 Å². The maximum atomic E-state index is 13.1. The number of para-hydroxylation sites is 1. The molecule has 1 unspecified atom stereocenters. The molecule has 2 aliphatic heterocycles. The van der Waals surface area contributed by atoms with Crippen molar-refractivity contribution in [2.45, 2.75) is 38.8 Å². The van der Waals surface area contributed by atoms with Crippen molar-refractivity contribution < 1.29 is 19.4 Å². The van der Waals surface area contributed by atoms with Gasteiger partial charge in [0.05, 0.1) is 11.6 Å². The van der Waals surface area contributed by atoms with Crippen molar-refractivity contribution in [1.82, 2.24) is 5.32 Å². The topological polar surface area (TPSA) is 78.9 Å². The van der Waals surface area contributed by atoms with Gasteiger partial charge in [-0.1, -0.05) is 54.6 Å². The van der Waals surface area contributed by atoms with Crippen molar-refractivity contribution in [3.8, 4) is 16.9 Å². The molecule has 1 amide bonds. The van der Waals surface area contributed by atoms with Crippen LogP contribution in [0.2, 0.25) is 0 Å². The van der Waals surface area contributed by atoms with Crippen molar-refractivity contribution >= 4 is 17.6 Å². The summed E-state index contributed by atoms with van der Waals surface area (Å²) in [6.07, 6.45) is 2.73. The molecule has 0 saturated heterocycles. The fourth-order valence-electron chi connectivity index (χ4n) is 5.84. The number of fused-ring (bicyclic) bond motifs is 2. The third-order valence-corrected chi connectivity index (χ3v) is 7.94. The Labute approximate surface area is 234 Å². The highest BCUT2D eigenvalue weighted by Crippen LogP contribution is 2.32. The average molecular weight is 533 g/mol. The molecule has 0 saturated carbocycles. The van der Waals surface area contributed by atoms with Gasteiger partial charge in [-0.2, -0.15) is 0 Å². The van der Waals surface area contributed by atoms with Crippen LogP contribution in [0.15, 0.2) is 84.9 Å². The van der Waals surface area contributed by atoms with Crippen molar-refractivity contribution in [2.24, 2.45) is 0 Å². The van der Waals surface area contributed by atoms with Crippen LogP contribution in [0.1, 0.15) is 49.4 Å². The van der Waals surface area contributed by atoms with Crippen LogP contribution in [-0.2, 0) is 19.4 Å². The molecule has 6 rings (SSSR count). The van der Waals surface area contributed by atoms with Crippen LogP contribution in [0, 0.1) is 6.92 Å². The van der Waals surface area contributed by atoms with E-state index in [2.05, 4.69) is 35.3 Å². The van der Waals surface area contributed by atoms with Crippen LogP contribution in [0.25, 0.3) is 11.1 Å². The van der Waals surface area contributed by atoms with Crippen molar-refractivity contribution in [1.29, 1.82) is 0 Å². The van der Waals surface area contributed by atoms with Crippen LogP contribution in [0.4, 0.5) is 5.69 Å². The van der Waals surface area contributed by atoms with Gasteiger partial charge in [0.2, 0.25) is 0 Å². The molecule has 0 aliphatic carbocycles. The van der Waals surface area contributed by atoms with E-state index >= 15 is 0 Å². The number of benzene rings is 4. The van der Waals surface area contributed by atoms with Crippen molar-refractivity contribution in [3.63, 3.8) is 0 Å². The third-order valence-electron chi connectivity index (χ3n) is 7.94. The van der Waals surface area contributed by atoms with Gasteiger partial charge in [-0.3, -0.25) is 4.79 Å². The highest BCUT2D eigenvalue weighted by molar-refractivity contribution is 5.96. The Morgan fingerprint density at radius 2 is 1.80 bits per heavy atom. The smallest absolute Gasteiger partial charge is 0.336 e. The number of carbonyl (C=O) groups excluding carboxylic acids is 1. The van der Waals surface area contributed by atoms with Crippen molar-refractivity contribution in [3.05, 3.63) is 118 Å². The van der Waals surface area contributed by atoms with Gasteiger partial charge in [-0.05, 0) is 89.9 Å². The molecule has 6 heteroatoms. The number of amides is 1. The summed E-state index contributed by atoms with van der Waals surface area (Å²) in [4.78, 5) is 27.2. The zero-order chi connectivity index (χ0) is 27.6. The number of carboxylic acids is 1. The zero-order valence-corrected chi connectivity index (χ0v) is 22.5. The fourth-order valence-corrected chi connectivity index (χ4v) is 5.84. The zero-order valence-electron chi connectivity index (χ0n) is 22.5. The normalized spacial score (nSPS) is 15.9. The first-order valence-electron chi connectivity index (χ1n) is 13.8. The summed E-state index contributed by atoms with van der Waals surface area (Å²) in [5.74, 6) is -0.0921. The second kappa shape index (κ2) is 10.9. The maximum absolute atomic E-state index is 13.1. The summed E-state index contributed by atoms with van der Waals surface area (Å²) in [6, 6.07) is 27.2. The number of anilines is 1. The largest absolute Gasteiger partial charge is 0.491 e. The predicted octanol–water partition coefficient (Wildman–Crippen LogP) is 6.05. The molecule has 2 aliphatic rings. The number of nitrogens with zero attached hydrogens (tertiary/aromatic N) is 1. The number of carboxylic acid groups (broad SMARTS) is 1. The summed E-state index contributed by atoms with van der Waals surface area (Å²) in [5.41, 5.74) is 8.41. The Hall–Kier alpha value is -4.58. The first-order chi connectivity index (χ1) is 19.5. The SMILES string of the molecule is Cc1cc(-c2ccccc2C(=O)O)ccc1CN1CCCc2cc(C(=O)NC3COc4ccccc4C3)ccc21. The molecule has 4 aromatic rings. The first-order valence-corrected chi connectivity index (χ1v) is 13.8. The molecule has 202 valence electrons. The number of ether oxygens (including phenoxy) is 1. The molecule has 6 nitrogen and oxygen atoms in total. The Morgan fingerprint density at radius 3 is 2.65 bits per heavy atom. The number of rotatable bonds is 6. The minimum atomic E-state index is -0.923. The van der Waals surface area contributed by atoms with Gasteiger partial charge in [-0.25, -0.2) is 4.79 Å². The molecule has 0 aromatic heterocycles. The Balaban J connectivity index is 1.16. The van der Waals surface area contributed by atoms with Gasteiger partial charge in [0.15, 0.2) is 0 Å². The summed E-state index contributed by atoms with van der Waals surface area (Å²) in [5, 5.41) is 12.8. The molecule has 2 heterocycles. The van der Waals surface area contributed by atoms with E-state index in [1.54, 1.807) is 12.1 Å². The molecule has 0 radical (unpaired) electrons. The van der Waals surface area contributed by atoms with Crippen LogP contribution in [0.3, 0.4) is 0 Å². The second-order valence-electron chi connectivity index (χ2n) is 10.7. The van der Waals surface area contributed by atoms with Crippen molar-refractivity contribution in [2.75, 3.05) is 18.1 Å². The summed E-state index contributed by atoms with van der Waals surface area (Å²) < 4.78 is 5.84. The monoisotopic (exact) mass is 532 g/mol. The lowest BCUT2D eigenvalue weighted by Gasteiger charge is -2.32. The molecular weight excluding hydrogens is 500 g/mol. The molecular formula is C34H32N2O4. The Morgan fingerprint density at radius 1 is 0.975 bits per heavy atom. The molecule has 0 bridgehead atoms. The van der Waals surface area contributed by atoms with E-state index in [1.165, 1.54) is 11.1 Å². The number of hydrogen-bond donors (Lipinski definition) is 2. The van der Waals surface area contributed by atoms with Crippen LogP contribution in [-0.4, -0.2) is 36.2 Å². The molecule has 0 fully saturated rings. The van der Waals surface area contributed by atoms with E-state index in [1.807, 2.05) is 54.6 Å². The molecule has 1 atom stereocenters. The van der Waals surface area contributed by atoms with E-state index in [0.717, 1.165) is 66.0 Å². The minimum absolute atomic E-state index is 0.0525. The van der Waals surface area contributed by atoms with E-state index in [0.29, 0.717) is 17.7 Å². The highest BCUT2D eigenvalue weighted by atomic mass is 16.5. The van der Waals surface area contributed by atoms with Crippen LogP contribution < -0.4 is 15.0 Å². The van der Waals surface area contributed by atoms with Gasteiger partial charge in [0.25, 0.3) is 5.91 Å². The number of carbonyl (C=O) groups is 2. The fraction of sp³-hybridized carbons (Fsp3) is 0.235. The Bertz CT molecular complexity index is 1590. The number of hydrogen-bond acceptors (Lipinski definition) is 4. The van der Waals surface area contributed by atoms with E-state index < -0.39 is 5.97 Å². The van der Waals surface area contributed by atoms with Crippen LogP contribution in [0.5, 0.6) is 5.75 Å². The van der Waals surface area contributed by atoms with Gasteiger partial charge < -0.3 is 20.1 Å². The molecule has 40 heavy (non-hydrogen) atoms. The average Bonchev–Trinajstić information content (AvgIpc) is 2.98. The van der Waals surface area contributed by atoms with Gasteiger partial charge in [0, 0.05) is 24.3 Å². The minimum Gasteiger partial charge on any atom is -0.491 e. The Kier molecular flexibility index (Phi) is 6.99. The van der Waals surface area contributed by atoms with Crippen LogP contribution >= 0.6 is 0 Å². The number of aromatic carboxylic acids is 1. The van der Waals surface area contributed by atoms with E-state index in [9.17, 15) is 14.7 Å². The second-order valence-corrected chi connectivity index (χ2v) is 10.7. The number of aryl methyl sites for hydroxylation is 2. The highest BCUT2D eigenvalue weighted by Gasteiger charge is 2.24. The lowest BCUT2D eigenvalue weighted by molar-refractivity contribution is 0.0697. The number of nitrogens with one attached hydrogen (secondary N) is 1. The molecule has 2 N–H and O–H groups in total. The van der Waals surface area contributed by atoms with E-state index in [-0.39, 0.29) is 11.9 Å². The summed E-state index contributed by atoms with van der Waals surface area (Å²) >= 11 is 0. The van der Waals surface area contributed by atoms with E-state index in [4.69, 9.17) is 4.74 Å². The quantitative estimate of drug-likeness (QED) is 0.316. The third kappa shape index (κ3) is 5.17. The summed E-state index contributed by atoms with van der Waals surface area (Å²) in [6.45, 7) is 4.25. The van der Waals surface area contributed by atoms with Gasteiger partial charge >= 0.3 is 5.97 Å². The summed E-state index contributed by atoms with van der Waals surface area (Å²) in [7, 11) is 0. The lowest BCUT2D eigenvalue weighted by atomic mass is 9.95. The van der Waals surface area contributed by atoms with Gasteiger partial charge in [0.1, 0.15) is 12.4 Å². The predicted molar refractivity (Wildman–Crippen MR) is 156 cm³/mol. The molecule has 0 spiro atoms. The molecule has 4 aromatic carbocycles.